The Kier molecular flexibility index (Phi) is 7.58. The molecule has 0 saturated heterocycles. The lowest BCUT2D eigenvalue weighted by Gasteiger charge is -2.14. The fourth-order valence-corrected chi connectivity index (χ4v) is 4.28. The second-order valence-corrected chi connectivity index (χ2v) is 8.78. The Bertz CT molecular complexity index is 1340. The first kappa shape index (κ1) is 25.2. The van der Waals surface area contributed by atoms with E-state index in [2.05, 4.69) is 20.8 Å². The minimum atomic E-state index is -4.61. The first-order valence-corrected chi connectivity index (χ1v) is 11.8. The number of nitrogens with one attached hydrogen (secondary N) is 2. The van der Waals surface area contributed by atoms with Crippen LogP contribution in [-0.4, -0.2) is 20.8 Å². The minimum absolute atomic E-state index is 0.0853. The summed E-state index contributed by atoms with van der Waals surface area (Å²) in [5.41, 5.74) is 1.41. The molecule has 1 heterocycles. The summed E-state index contributed by atoms with van der Waals surface area (Å²) in [5.74, 6) is 0.572. The van der Waals surface area contributed by atoms with E-state index in [1.165, 1.54) is 42.1 Å². The van der Waals surface area contributed by atoms with Gasteiger partial charge < -0.3 is 10.6 Å². The fraction of sp³-hybridized carbons (Fsp3) is 0.160. The van der Waals surface area contributed by atoms with Gasteiger partial charge in [0, 0.05) is 11.4 Å². The molecule has 4 aromatic rings. The SMILES string of the molecule is Cc1ccc(-n2c(CNC(=O)Nc3ccccc3C(F)(F)F)nnc2SCc2ccc(F)cc2)cc1. The Morgan fingerprint density at radius 3 is 2.36 bits per heavy atom. The van der Waals surface area contributed by atoms with E-state index in [0.717, 1.165) is 22.9 Å². The monoisotopic (exact) mass is 515 g/mol. The number of aryl methyl sites for hydroxylation is 1. The minimum Gasteiger partial charge on any atom is -0.331 e. The quantitative estimate of drug-likeness (QED) is 0.222. The standard InChI is InChI=1S/C25H21F4N5OS/c1-16-6-12-19(13-7-16)34-22(32-33-24(34)36-15-17-8-10-18(26)11-9-17)14-30-23(35)31-21-5-3-2-4-20(21)25(27,28)29/h2-13H,14-15H2,1H3,(H2,30,31,35). The molecule has 36 heavy (non-hydrogen) atoms. The summed E-state index contributed by atoms with van der Waals surface area (Å²) in [4.78, 5) is 12.4. The number of hydrogen-bond donors (Lipinski definition) is 2. The molecule has 0 radical (unpaired) electrons. The molecule has 0 unspecified atom stereocenters. The van der Waals surface area contributed by atoms with Gasteiger partial charge in [0.25, 0.3) is 0 Å². The van der Waals surface area contributed by atoms with Crippen LogP contribution >= 0.6 is 11.8 Å². The van der Waals surface area contributed by atoms with Gasteiger partial charge >= 0.3 is 12.2 Å². The van der Waals surface area contributed by atoms with E-state index in [0.29, 0.717) is 16.7 Å². The molecule has 2 amide bonds. The lowest BCUT2D eigenvalue weighted by molar-refractivity contribution is -0.136. The summed E-state index contributed by atoms with van der Waals surface area (Å²) in [6.07, 6.45) is -4.61. The Morgan fingerprint density at radius 1 is 0.972 bits per heavy atom. The molecule has 0 atom stereocenters. The molecule has 0 aliphatic heterocycles. The van der Waals surface area contributed by atoms with Crippen LogP contribution in [0.1, 0.15) is 22.5 Å². The van der Waals surface area contributed by atoms with Gasteiger partial charge in [0.1, 0.15) is 5.82 Å². The van der Waals surface area contributed by atoms with Crippen molar-refractivity contribution in [3.05, 3.63) is 101 Å². The number of nitrogens with zero attached hydrogens (tertiary/aromatic N) is 3. The number of carbonyl (C=O) groups excluding carboxylic acids is 1. The van der Waals surface area contributed by atoms with Crippen molar-refractivity contribution in [2.75, 3.05) is 5.32 Å². The number of rotatable bonds is 7. The van der Waals surface area contributed by atoms with Gasteiger partial charge in [-0.1, -0.05) is 53.7 Å². The number of thioether (sulfide) groups is 1. The number of anilines is 1. The predicted molar refractivity (Wildman–Crippen MR) is 129 cm³/mol. The first-order chi connectivity index (χ1) is 17.2. The zero-order valence-corrected chi connectivity index (χ0v) is 19.8. The maximum absolute atomic E-state index is 13.2. The van der Waals surface area contributed by atoms with E-state index in [-0.39, 0.29) is 18.0 Å². The number of benzene rings is 3. The largest absolute Gasteiger partial charge is 0.418 e. The highest BCUT2D eigenvalue weighted by Crippen LogP contribution is 2.34. The van der Waals surface area contributed by atoms with Crippen LogP contribution in [-0.2, 0) is 18.5 Å². The van der Waals surface area contributed by atoms with E-state index in [9.17, 15) is 22.4 Å². The Morgan fingerprint density at radius 2 is 1.67 bits per heavy atom. The van der Waals surface area contributed by atoms with Crippen LogP contribution in [0.4, 0.5) is 28.0 Å². The summed E-state index contributed by atoms with van der Waals surface area (Å²) >= 11 is 1.38. The van der Waals surface area contributed by atoms with E-state index >= 15 is 0 Å². The molecule has 0 aliphatic carbocycles. The van der Waals surface area contributed by atoms with Gasteiger partial charge in [0.2, 0.25) is 0 Å². The van der Waals surface area contributed by atoms with Crippen LogP contribution in [0.25, 0.3) is 5.69 Å². The molecule has 4 rings (SSSR count). The van der Waals surface area contributed by atoms with Crippen LogP contribution in [0.5, 0.6) is 0 Å². The van der Waals surface area contributed by atoms with E-state index in [1.807, 2.05) is 31.2 Å². The van der Waals surface area contributed by atoms with Gasteiger partial charge in [-0.25, -0.2) is 9.18 Å². The van der Waals surface area contributed by atoms with Gasteiger partial charge in [-0.2, -0.15) is 13.2 Å². The first-order valence-electron chi connectivity index (χ1n) is 10.8. The summed E-state index contributed by atoms with van der Waals surface area (Å²) < 4.78 is 54.6. The molecule has 0 bridgehead atoms. The summed E-state index contributed by atoms with van der Waals surface area (Å²) in [6, 6.07) is 17.6. The number of carbonyl (C=O) groups is 1. The Balaban J connectivity index is 1.52. The van der Waals surface area contributed by atoms with E-state index in [1.54, 1.807) is 16.7 Å². The van der Waals surface area contributed by atoms with Crippen molar-refractivity contribution in [1.82, 2.24) is 20.1 Å². The highest BCUT2D eigenvalue weighted by atomic mass is 32.2. The zero-order valence-electron chi connectivity index (χ0n) is 19.0. The van der Waals surface area contributed by atoms with Crippen LogP contribution in [0.2, 0.25) is 0 Å². The molecular formula is C25H21F4N5OS. The number of alkyl halides is 3. The van der Waals surface area contributed by atoms with Gasteiger partial charge in [-0.05, 0) is 48.9 Å². The van der Waals surface area contributed by atoms with Gasteiger partial charge in [0.05, 0.1) is 17.8 Å². The van der Waals surface area contributed by atoms with Crippen LogP contribution in [0.3, 0.4) is 0 Å². The number of para-hydroxylation sites is 1. The third-order valence-corrected chi connectivity index (χ3v) is 6.16. The number of urea groups is 1. The highest BCUT2D eigenvalue weighted by Gasteiger charge is 2.33. The second kappa shape index (κ2) is 10.8. The Labute approximate surface area is 208 Å². The zero-order chi connectivity index (χ0) is 25.7. The van der Waals surface area contributed by atoms with Crippen LogP contribution in [0, 0.1) is 12.7 Å². The molecule has 6 nitrogen and oxygen atoms in total. The normalized spacial score (nSPS) is 11.4. The molecule has 3 aromatic carbocycles. The predicted octanol–water partition coefficient (Wildman–Crippen LogP) is 6.35. The van der Waals surface area contributed by atoms with Crippen LogP contribution in [0.15, 0.2) is 78.0 Å². The average molecular weight is 516 g/mol. The molecule has 0 aliphatic rings. The maximum atomic E-state index is 13.2. The van der Waals surface area contributed by atoms with Crippen LogP contribution < -0.4 is 10.6 Å². The molecular weight excluding hydrogens is 494 g/mol. The third kappa shape index (κ3) is 6.22. The maximum Gasteiger partial charge on any atom is 0.418 e. The molecule has 186 valence electrons. The third-order valence-electron chi connectivity index (χ3n) is 5.16. The number of aromatic nitrogens is 3. The van der Waals surface area contributed by atoms with Crippen molar-refractivity contribution < 1.29 is 22.4 Å². The summed E-state index contributed by atoms with van der Waals surface area (Å²) in [7, 11) is 0. The van der Waals surface area contributed by atoms with Crippen molar-refractivity contribution in [1.29, 1.82) is 0 Å². The highest BCUT2D eigenvalue weighted by molar-refractivity contribution is 7.98. The Hall–Kier alpha value is -3.86. The summed E-state index contributed by atoms with van der Waals surface area (Å²) in [5, 5.41) is 13.8. The topological polar surface area (TPSA) is 71.8 Å². The molecule has 0 spiro atoms. The van der Waals surface area contributed by atoms with Crippen molar-refractivity contribution in [2.45, 2.75) is 30.6 Å². The van der Waals surface area contributed by atoms with E-state index < -0.39 is 17.8 Å². The lowest BCUT2D eigenvalue weighted by atomic mass is 10.1. The second-order valence-electron chi connectivity index (χ2n) is 7.84. The number of halogens is 4. The molecule has 2 N–H and O–H groups in total. The molecule has 0 saturated carbocycles. The number of hydrogen-bond acceptors (Lipinski definition) is 4. The van der Waals surface area contributed by atoms with Crippen molar-refractivity contribution in [3.63, 3.8) is 0 Å². The molecule has 1 aromatic heterocycles. The number of amides is 2. The summed E-state index contributed by atoms with van der Waals surface area (Å²) in [6.45, 7) is 1.86. The average Bonchev–Trinajstić information content (AvgIpc) is 3.25. The fourth-order valence-electron chi connectivity index (χ4n) is 3.36. The van der Waals surface area contributed by atoms with Crippen molar-refractivity contribution in [2.24, 2.45) is 0 Å². The molecule has 0 fully saturated rings. The van der Waals surface area contributed by atoms with Gasteiger partial charge in [0.15, 0.2) is 11.0 Å². The van der Waals surface area contributed by atoms with E-state index in [4.69, 9.17) is 0 Å². The van der Waals surface area contributed by atoms with Crippen molar-refractivity contribution in [3.8, 4) is 5.69 Å². The lowest BCUT2D eigenvalue weighted by Crippen LogP contribution is -2.30. The van der Waals surface area contributed by atoms with Gasteiger partial charge in [-0.15, -0.1) is 10.2 Å². The van der Waals surface area contributed by atoms with Crippen molar-refractivity contribution >= 4 is 23.5 Å². The smallest absolute Gasteiger partial charge is 0.331 e. The van der Waals surface area contributed by atoms with Gasteiger partial charge in [-0.3, -0.25) is 4.57 Å². The molecule has 11 heteroatoms.